The van der Waals surface area contributed by atoms with E-state index in [1.165, 1.54) is 18.7 Å². The standard InChI is InChI=1S/C21H29N9O/c1-28-10-15(11-28)29-5-3-13(4-6-29)14-7-18(31-2)17(24-8-14)12-30-19-16(9-25-30)26-21(23)27-20(19)22/h7-9,13,15H,3-6,10-12H2,1-2H3,(H4,22,23,26,27). The first kappa shape index (κ1) is 20.0. The van der Waals surface area contributed by atoms with Crippen molar-refractivity contribution in [2.45, 2.75) is 31.3 Å². The van der Waals surface area contributed by atoms with Crippen molar-refractivity contribution < 1.29 is 4.74 Å². The van der Waals surface area contributed by atoms with E-state index in [0.29, 0.717) is 29.3 Å². The fourth-order valence-electron chi connectivity index (χ4n) is 4.81. The molecular weight excluding hydrogens is 394 g/mol. The van der Waals surface area contributed by atoms with Gasteiger partial charge in [-0.25, -0.2) is 4.98 Å². The van der Waals surface area contributed by atoms with Gasteiger partial charge in [-0.1, -0.05) is 0 Å². The molecule has 10 nitrogen and oxygen atoms in total. The van der Waals surface area contributed by atoms with Gasteiger partial charge in [0, 0.05) is 25.3 Å². The number of ether oxygens (including phenoxy) is 1. The number of nitrogen functional groups attached to an aromatic ring is 2. The number of methoxy groups -OCH3 is 1. The SMILES string of the molecule is COc1cc(C2CCN(C3CN(C)C3)CC2)cnc1Cn1ncc2nc(N)nc(N)c21. The van der Waals surface area contributed by atoms with E-state index in [2.05, 4.69) is 38.0 Å². The topological polar surface area (TPSA) is 124 Å². The van der Waals surface area contributed by atoms with Gasteiger partial charge >= 0.3 is 0 Å². The molecule has 3 aromatic heterocycles. The molecule has 3 aromatic rings. The Bertz CT molecular complexity index is 1080. The zero-order valence-corrected chi connectivity index (χ0v) is 18.0. The smallest absolute Gasteiger partial charge is 0.222 e. The molecule has 0 radical (unpaired) electrons. The van der Waals surface area contributed by atoms with Gasteiger partial charge in [-0.05, 0) is 50.5 Å². The van der Waals surface area contributed by atoms with Crippen LogP contribution in [0.25, 0.3) is 11.0 Å². The maximum absolute atomic E-state index is 6.05. The number of nitrogens with two attached hydrogens (primary N) is 2. The summed E-state index contributed by atoms with van der Waals surface area (Å²) >= 11 is 0. The lowest BCUT2D eigenvalue weighted by atomic mass is 9.89. The summed E-state index contributed by atoms with van der Waals surface area (Å²) in [6.45, 7) is 5.10. The molecule has 0 saturated carbocycles. The first-order chi connectivity index (χ1) is 15.0. The van der Waals surface area contributed by atoms with Gasteiger partial charge in [-0.3, -0.25) is 14.6 Å². The lowest BCUT2D eigenvalue weighted by Crippen LogP contribution is -2.59. The summed E-state index contributed by atoms with van der Waals surface area (Å²) in [6.07, 6.45) is 5.93. The maximum atomic E-state index is 6.05. The van der Waals surface area contributed by atoms with E-state index in [0.717, 1.165) is 43.4 Å². The minimum Gasteiger partial charge on any atom is -0.495 e. The summed E-state index contributed by atoms with van der Waals surface area (Å²) in [5, 5.41) is 4.40. The Hall–Kier alpha value is -2.98. The molecule has 5 rings (SSSR count). The molecule has 2 aliphatic rings. The van der Waals surface area contributed by atoms with E-state index < -0.39 is 0 Å². The predicted octanol–water partition coefficient (Wildman–Crippen LogP) is 0.936. The molecule has 5 heterocycles. The van der Waals surface area contributed by atoms with Crippen LogP contribution in [0, 0.1) is 0 Å². The molecule has 0 unspecified atom stereocenters. The summed E-state index contributed by atoms with van der Waals surface area (Å²) in [5.41, 5.74) is 15.0. The Kier molecular flexibility index (Phi) is 5.11. The van der Waals surface area contributed by atoms with Crippen LogP contribution in [-0.2, 0) is 6.54 Å². The fraction of sp³-hybridized carbons (Fsp3) is 0.524. The molecule has 4 N–H and O–H groups in total. The molecule has 31 heavy (non-hydrogen) atoms. The molecule has 0 atom stereocenters. The van der Waals surface area contributed by atoms with Gasteiger partial charge in [0.1, 0.15) is 22.5 Å². The molecule has 2 saturated heterocycles. The lowest BCUT2D eigenvalue weighted by molar-refractivity contribution is 0.0362. The second-order valence-corrected chi connectivity index (χ2v) is 8.61. The molecule has 0 amide bonds. The van der Waals surface area contributed by atoms with Gasteiger partial charge in [-0.2, -0.15) is 10.1 Å². The van der Waals surface area contributed by atoms with Crippen LogP contribution in [0.15, 0.2) is 18.5 Å². The highest BCUT2D eigenvalue weighted by Crippen LogP contribution is 2.32. The number of likely N-dealkylation sites (N-methyl/N-ethyl adjacent to an activating group) is 1. The van der Waals surface area contributed by atoms with Crippen molar-refractivity contribution in [1.82, 2.24) is 34.5 Å². The zero-order valence-electron chi connectivity index (χ0n) is 18.0. The third-order valence-corrected chi connectivity index (χ3v) is 6.57. The molecular formula is C21H29N9O. The highest BCUT2D eigenvalue weighted by molar-refractivity contribution is 5.85. The van der Waals surface area contributed by atoms with Crippen molar-refractivity contribution in [2.75, 3.05) is 51.8 Å². The molecule has 2 fully saturated rings. The van der Waals surface area contributed by atoms with E-state index in [9.17, 15) is 0 Å². The number of piperidine rings is 1. The molecule has 0 spiro atoms. The van der Waals surface area contributed by atoms with Crippen LogP contribution in [-0.4, -0.2) is 80.9 Å². The van der Waals surface area contributed by atoms with Gasteiger partial charge in [0.15, 0.2) is 5.82 Å². The molecule has 10 heteroatoms. The predicted molar refractivity (Wildman–Crippen MR) is 119 cm³/mol. The van der Waals surface area contributed by atoms with Crippen LogP contribution < -0.4 is 16.2 Å². The Morgan fingerprint density at radius 1 is 1.13 bits per heavy atom. The van der Waals surface area contributed by atoms with Crippen LogP contribution in [0.2, 0.25) is 0 Å². The first-order valence-electron chi connectivity index (χ1n) is 10.7. The van der Waals surface area contributed by atoms with Crippen LogP contribution in [0.3, 0.4) is 0 Å². The quantitative estimate of drug-likeness (QED) is 0.617. The van der Waals surface area contributed by atoms with Gasteiger partial charge in [0.25, 0.3) is 0 Å². The average molecular weight is 424 g/mol. The third-order valence-electron chi connectivity index (χ3n) is 6.57. The largest absolute Gasteiger partial charge is 0.495 e. The number of nitrogens with zero attached hydrogens (tertiary/aromatic N) is 7. The van der Waals surface area contributed by atoms with Gasteiger partial charge in [0.05, 0.1) is 19.9 Å². The Labute approximate surface area is 181 Å². The van der Waals surface area contributed by atoms with Crippen molar-refractivity contribution in [3.63, 3.8) is 0 Å². The van der Waals surface area contributed by atoms with E-state index in [4.69, 9.17) is 21.2 Å². The summed E-state index contributed by atoms with van der Waals surface area (Å²) in [5.74, 6) is 1.72. The number of anilines is 2. The van der Waals surface area contributed by atoms with E-state index in [1.807, 2.05) is 6.20 Å². The summed E-state index contributed by atoms with van der Waals surface area (Å²) in [6, 6.07) is 2.86. The average Bonchev–Trinajstić information content (AvgIpc) is 3.14. The minimum absolute atomic E-state index is 0.139. The molecule has 164 valence electrons. The molecule has 0 bridgehead atoms. The second-order valence-electron chi connectivity index (χ2n) is 8.61. The maximum Gasteiger partial charge on any atom is 0.222 e. The third kappa shape index (κ3) is 3.77. The van der Waals surface area contributed by atoms with Crippen molar-refractivity contribution >= 4 is 22.8 Å². The molecule has 2 aliphatic heterocycles. The fourth-order valence-corrected chi connectivity index (χ4v) is 4.81. The monoisotopic (exact) mass is 423 g/mol. The van der Waals surface area contributed by atoms with Crippen molar-refractivity contribution in [3.8, 4) is 5.75 Å². The van der Waals surface area contributed by atoms with Crippen LogP contribution in [0.1, 0.15) is 30.0 Å². The van der Waals surface area contributed by atoms with Crippen LogP contribution >= 0.6 is 0 Å². The zero-order chi connectivity index (χ0) is 21.5. The van der Waals surface area contributed by atoms with Crippen LogP contribution in [0.5, 0.6) is 5.75 Å². The highest BCUT2D eigenvalue weighted by Gasteiger charge is 2.32. The van der Waals surface area contributed by atoms with Crippen molar-refractivity contribution in [1.29, 1.82) is 0 Å². The van der Waals surface area contributed by atoms with Gasteiger partial charge in [-0.15, -0.1) is 0 Å². The number of rotatable bonds is 5. The van der Waals surface area contributed by atoms with Crippen molar-refractivity contribution in [2.24, 2.45) is 0 Å². The number of fused-ring (bicyclic) bond motifs is 1. The first-order valence-corrected chi connectivity index (χ1v) is 10.7. The summed E-state index contributed by atoms with van der Waals surface area (Å²) in [7, 11) is 3.87. The Morgan fingerprint density at radius 2 is 1.90 bits per heavy atom. The van der Waals surface area contributed by atoms with E-state index >= 15 is 0 Å². The van der Waals surface area contributed by atoms with E-state index in [-0.39, 0.29) is 5.95 Å². The minimum atomic E-state index is 0.139. The number of aromatic nitrogens is 5. The second kappa shape index (κ2) is 7.93. The van der Waals surface area contributed by atoms with Crippen LogP contribution in [0.4, 0.5) is 11.8 Å². The Morgan fingerprint density at radius 3 is 2.61 bits per heavy atom. The van der Waals surface area contributed by atoms with Gasteiger partial charge < -0.3 is 21.1 Å². The lowest BCUT2D eigenvalue weighted by Gasteiger charge is -2.46. The number of hydrogen-bond donors (Lipinski definition) is 2. The normalized spacial score (nSPS) is 19.0. The number of pyridine rings is 1. The molecule has 0 aliphatic carbocycles. The highest BCUT2D eigenvalue weighted by atomic mass is 16.5. The Balaban J connectivity index is 1.32. The van der Waals surface area contributed by atoms with E-state index in [1.54, 1.807) is 18.0 Å². The van der Waals surface area contributed by atoms with Gasteiger partial charge in [0.2, 0.25) is 5.95 Å². The summed E-state index contributed by atoms with van der Waals surface area (Å²) < 4.78 is 7.42. The molecule has 0 aromatic carbocycles. The van der Waals surface area contributed by atoms with Crippen molar-refractivity contribution in [3.05, 3.63) is 29.7 Å². The number of likely N-dealkylation sites (tertiary alicyclic amines) is 2. The number of hydrogen-bond acceptors (Lipinski definition) is 9. The summed E-state index contributed by atoms with van der Waals surface area (Å²) in [4.78, 5) is 18.0.